The summed E-state index contributed by atoms with van der Waals surface area (Å²) in [4.78, 5) is 12.0. The molecule has 0 aliphatic heterocycles. The largest absolute Gasteiger partial charge is 0.469 e. The van der Waals surface area contributed by atoms with Gasteiger partial charge in [0.05, 0.1) is 36.6 Å². The van der Waals surface area contributed by atoms with Crippen LogP contribution in [-0.2, 0) is 25.8 Å². The fraction of sp³-hybridized carbons (Fsp3) is 0.375. The van der Waals surface area contributed by atoms with Gasteiger partial charge in [-0.25, -0.2) is 12.8 Å². The molecule has 1 heterocycles. The average Bonchev–Trinajstić information content (AvgIpc) is 3.09. The lowest BCUT2D eigenvalue weighted by Gasteiger charge is -2.29. The fourth-order valence-corrected chi connectivity index (χ4v) is 5.95. The second-order valence-corrected chi connectivity index (χ2v) is 10.8. The number of rotatable bonds is 6. The number of fused-ring (bicyclic) bond motifs is 3. The molecule has 0 unspecified atom stereocenters. The maximum absolute atomic E-state index is 14.6. The molecule has 0 bridgehead atoms. The Bertz CT molecular complexity index is 1320. The smallest absolute Gasteiger partial charge is 0.306 e. The van der Waals surface area contributed by atoms with Gasteiger partial charge in [0.15, 0.2) is 9.84 Å². The molecule has 6 nitrogen and oxygen atoms in total. The zero-order valence-corrected chi connectivity index (χ0v) is 19.9. The van der Waals surface area contributed by atoms with E-state index in [1.807, 2.05) is 0 Å². The number of halogens is 2. The number of carbonyl (C=O) groups excluding carboxylic acids is 1. The molecule has 1 N–H and O–H groups in total. The van der Waals surface area contributed by atoms with E-state index in [1.165, 1.54) is 13.2 Å². The lowest BCUT2D eigenvalue weighted by Crippen LogP contribution is -2.23. The summed E-state index contributed by atoms with van der Waals surface area (Å²) in [6.45, 7) is -0.330. The lowest BCUT2D eigenvalue weighted by molar-refractivity contribution is -0.141. The molecule has 33 heavy (non-hydrogen) atoms. The quantitative estimate of drug-likeness (QED) is 0.514. The number of aryl methyl sites for hydroxylation is 1. The first-order valence-corrected chi connectivity index (χ1v) is 12.9. The predicted molar refractivity (Wildman–Crippen MR) is 124 cm³/mol. The molecule has 0 saturated heterocycles. The van der Waals surface area contributed by atoms with Gasteiger partial charge in [0.25, 0.3) is 0 Å². The summed E-state index contributed by atoms with van der Waals surface area (Å²) >= 11 is 6.05. The van der Waals surface area contributed by atoms with Crippen LogP contribution in [0.25, 0.3) is 10.9 Å². The third-order valence-electron chi connectivity index (χ3n) is 6.32. The van der Waals surface area contributed by atoms with Crippen molar-refractivity contribution in [3.05, 3.63) is 64.1 Å². The van der Waals surface area contributed by atoms with Gasteiger partial charge in [-0.15, -0.1) is 0 Å². The summed E-state index contributed by atoms with van der Waals surface area (Å²) in [5.41, 5.74) is 2.61. The number of nitrogens with zero attached hydrogens (tertiary/aromatic N) is 1. The molecular weight excluding hydrogens is 469 g/mol. The van der Waals surface area contributed by atoms with Gasteiger partial charge in [-0.1, -0.05) is 23.7 Å². The Morgan fingerprint density at radius 3 is 2.61 bits per heavy atom. The Labute approximate surface area is 196 Å². The maximum Gasteiger partial charge on any atom is 0.306 e. The van der Waals surface area contributed by atoms with Gasteiger partial charge in [-0.2, -0.15) is 0 Å². The molecule has 176 valence electrons. The van der Waals surface area contributed by atoms with Gasteiger partial charge in [-0.05, 0) is 54.7 Å². The Morgan fingerprint density at radius 1 is 1.30 bits per heavy atom. The van der Waals surface area contributed by atoms with Crippen molar-refractivity contribution in [2.75, 3.05) is 20.0 Å². The lowest BCUT2D eigenvalue weighted by atomic mass is 9.84. The number of esters is 1. The molecule has 0 amide bonds. The van der Waals surface area contributed by atoms with Crippen LogP contribution in [0.2, 0.25) is 5.02 Å². The van der Waals surface area contributed by atoms with Gasteiger partial charge in [0.2, 0.25) is 0 Å². The van der Waals surface area contributed by atoms with E-state index < -0.39 is 21.7 Å². The van der Waals surface area contributed by atoms with Crippen molar-refractivity contribution in [2.24, 2.45) is 0 Å². The Morgan fingerprint density at radius 2 is 2.00 bits per heavy atom. The van der Waals surface area contributed by atoms with Crippen LogP contribution in [0, 0.1) is 5.82 Å². The number of aromatic nitrogens is 1. The first kappa shape index (κ1) is 23.7. The van der Waals surface area contributed by atoms with Crippen LogP contribution in [0.4, 0.5) is 4.39 Å². The standard InChI is InChI=1S/C24H25ClFNO5S/c1-32-22(29)10-15-4-3-5-18-19-11-17(26)12-21(33(2,30)31)24(19)27(23(15)18)20(13-28)14-6-8-16(25)9-7-14/h6-9,11-12,15,20,28H,3-5,10,13H2,1-2H3/t15-,20+/m1/s1. The summed E-state index contributed by atoms with van der Waals surface area (Å²) in [5.74, 6) is -1.29. The first-order chi connectivity index (χ1) is 15.7. The molecule has 9 heteroatoms. The molecule has 0 radical (unpaired) electrons. The minimum absolute atomic E-state index is 0.106. The third kappa shape index (κ3) is 4.39. The highest BCUT2D eigenvalue weighted by atomic mass is 35.5. The number of sulfone groups is 1. The highest BCUT2D eigenvalue weighted by Gasteiger charge is 2.34. The van der Waals surface area contributed by atoms with Crippen LogP contribution < -0.4 is 0 Å². The van der Waals surface area contributed by atoms with Crippen LogP contribution in [0.5, 0.6) is 0 Å². The zero-order chi connectivity index (χ0) is 23.9. The Hall–Kier alpha value is -2.42. The number of benzene rings is 2. The van der Waals surface area contributed by atoms with Crippen molar-refractivity contribution in [1.82, 2.24) is 4.57 Å². The molecule has 0 spiro atoms. The summed E-state index contributed by atoms with van der Waals surface area (Å²) in [7, 11) is -2.48. The number of hydrogen-bond donors (Lipinski definition) is 1. The van der Waals surface area contributed by atoms with E-state index in [-0.39, 0.29) is 29.8 Å². The summed E-state index contributed by atoms with van der Waals surface area (Å²) in [5, 5.41) is 11.5. The molecule has 2 aromatic carbocycles. The zero-order valence-electron chi connectivity index (χ0n) is 18.3. The fourth-order valence-electron chi connectivity index (χ4n) is 4.94. The minimum atomic E-state index is -3.80. The van der Waals surface area contributed by atoms with Gasteiger partial charge < -0.3 is 14.4 Å². The number of methoxy groups -OCH3 is 1. The van der Waals surface area contributed by atoms with Crippen molar-refractivity contribution >= 4 is 38.3 Å². The van der Waals surface area contributed by atoms with Crippen LogP contribution in [-0.4, -0.2) is 44.0 Å². The van der Waals surface area contributed by atoms with E-state index >= 15 is 0 Å². The molecule has 1 aliphatic rings. The molecule has 1 aromatic heterocycles. The van der Waals surface area contributed by atoms with Crippen LogP contribution in [0.1, 0.15) is 48.0 Å². The van der Waals surface area contributed by atoms with Crippen LogP contribution >= 0.6 is 11.6 Å². The Balaban J connectivity index is 2.11. The number of carbonyl (C=O) groups is 1. The summed E-state index contributed by atoms with van der Waals surface area (Å²) < 4.78 is 46.7. The second kappa shape index (κ2) is 9.08. The van der Waals surface area contributed by atoms with Gasteiger partial charge >= 0.3 is 5.97 Å². The second-order valence-electron chi connectivity index (χ2n) is 8.43. The van der Waals surface area contributed by atoms with Gasteiger partial charge in [0, 0.05) is 28.3 Å². The average molecular weight is 494 g/mol. The predicted octanol–water partition coefficient (Wildman–Crippen LogP) is 4.40. The Kier molecular flexibility index (Phi) is 6.53. The summed E-state index contributed by atoms with van der Waals surface area (Å²) in [6.07, 6.45) is 3.22. The molecule has 1 aliphatic carbocycles. The maximum atomic E-state index is 14.6. The molecule has 2 atom stereocenters. The molecule has 0 fully saturated rings. The minimum Gasteiger partial charge on any atom is -0.469 e. The van der Waals surface area contributed by atoms with Crippen LogP contribution in [0.3, 0.4) is 0 Å². The van der Waals surface area contributed by atoms with Crippen molar-refractivity contribution in [3.63, 3.8) is 0 Å². The third-order valence-corrected chi connectivity index (χ3v) is 7.68. The molecule has 0 saturated carbocycles. The van der Waals surface area contributed by atoms with Crippen molar-refractivity contribution in [1.29, 1.82) is 0 Å². The highest BCUT2D eigenvalue weighted by Crippen LogP contribution is 2.45. The van der Waals surface area contributed by atoms with Crippen molar-refractivity contribution in [2.45, 2.75) is 42.5 Å². The molecule has 3 aromatic rings. The normalized spacial score (nSPS) is 17.1. The van der Waals surface area contributed by atoms with Gasteiger partial charge in [-0.3, -0.25) is 4.79 Å². The van der Waals surface area contributed by atoms with E-state index in [4.69, 9.17) is 16.3 Å². The number of aliphatic hydroxyl groups is 1. The topological polar surface area (TPSA) is 85.6 Å². The monoisotopic (exact) mass is 493 g/mol. The van der Waals surface area contributed by atoms with Gasteiger partial charge in [0.1, 0.15) is 5.82 Å². The SMILES string of the molecule is COC(=O)C[C@H]1CCCc2c1n([C@@H](CO)c1ccc(Cl)cc1)c1c(S(C)(=O)=O)cc(F)cc21. The van der Waals surface area contributed by atoms with Crippen LogP contribution in [0.15, 0.2) is 41.3 Å². The van der Waals surface area contributed by atoms with E-state index in [0.717, 1.165) is 30.0 Å². The van der Waals surface area contributed by atoms with E-state index in [0.29, 0.717) is 34.3 Å². The first-order valence-electron chi connectivity index (χ1n) is 10.6. The van der Waals surface area contributed by atoms with E-state index in [9.17, 15) is 22.7 Å². The number of ether oxygens (including phenoxy) is 1. The number of aliphatic hydroxyl groups excluding tert-OH is 1. The molecular formula is C24H25ClFNO5S. The number of hydrogen-bond acceptors (Lipinski definition) is 5. The van der Waals surface area contributed by atoms with E-state index in [2.05, 4.69) is 0 Å². The highest BCUT2D eigenvalue weighted by molar-refractivity contribution is 7.91. The van der Waals surface area contributed by atoms with Crippen molar-refractivity contribution in [3.8, 4) is 0 Å². The molecule has 4 rings (SSSR count). The van der Waals surface area contributed by atoms with E-state index in [1.54, 1.807) is 28.8 Å². The summed E-state index contributed by atoms with van der Waals surface area (Å²) in [6, 6.07) is 8.63. The van der Waals surface area contributed by atoms with Crippen molar-refractivity contribution < 1.29 is 27.4 Å².